The van der Waals surface area contributed by atoms with Crippen LogP contribution in [0, 0.1) is 12.7 Å². The van der Waals surface area contributed by atoms with Gasteiger partial charge in [-0.1, -0.05) is 0 Å². The van der Waals surface area contributed by atoms with Crippen molar-refractivity contribution < 1.29 is 27.1 Å². The molecule has 0 radical (unpaired) electrons. The van der Waals surface area contributed by atoms with Crippen molar-refractivity contribution in [3.63, 3.8) is 0 Å². The Morgan fingerprint density at radius 2 is 1.75 bits per heavy atom. The van der Waals surface area contributed by atoms with E-state index < -0.39 is 27.7 Å². The van der Waals surface area contributed by atoms with E-state index in [4.69, 9.17) is 4.74 Å². The number of carbonyl (C=O) groups is 2. The number of sulfonamides is 1. The molecule has 1 aromatic carbocycles. The number of ether oxygens (including phenoxy) is 1. The van der Waals surface area contributed by atoms with Crippen molar-refractivity contribution >= 4 is 38.6 Å². The number of imide groups is 1. The SMILES string of the molecule is Cc1nc2ccc(S(=O)(=O)N3CCOCC3)cc2c2c1C(=O)N(c1ccc(F)cn1)C2=O. The van der Waals surface area contributed by atoms with Gasteiger partial charge >= 0.3 is 0 Å². The van der Waals surface area contributed by atoms with Crippen molar-refractivity contribution in [1.82, 2.24) is 14.3 Å². The lowest BCUT2D eigenvalue weighted by molar-refractivity contribution is 0.0730. The maximum Gasteiger partial charge on any atom is 0.269 e. The maximum atomic E-state index is 13.3. The number of rotatable bonds is 3. The summed E-state index contributed by atoms with van der Waals surface area (Å²) in [5, 5.41) is 0.253. The van der Waals surface area contributed by atoms with Crippen LogP contribution >= 0.6 is 0 Å². The van der Waals surface area contributed by atoms with Crippen LogP contribution in [0.1, 0.15) is 26.4 Å². The number of hydrogen-bond donors (Lipinski definition) is 0. The number of hydrogen-bond acceptors (Lipinski definition) is 7. The molecule has 2 aliphatic heterocycles. The van der Waals surface area contributed by atoms with Crippen LogP contribution in [0.25, 0.3) is 10.9 Å². The molecule has 0 saturated carbocycles. The maximum absolute atomic E-state index is 13.3. The zero-order valence-electron chi connectivity index (χ0n) is 16.9. The molecule has 0 unspecified atom stereocenters. The van der Waals surface area contributed by atoms with E-state index in [1.807, 2.05) is 0 Å². The first-order valence-corrected chi connectivity index (χ1v) is 11.3. The van der Waals surface area contributed by atoms with E-state index >= 15 is 0 Å². The van der Waals surface area contributed by atoms with Crippen molar-refractivity contribution in [1.29, 1.82) is 0 Å². The third kappa shape index (κ3) is 3.08. The summed E-state index contributed by atoms with van der Waals surface area (Å²) in [6.45, 7) is 2.66. The summed E-state index contributed by atoms with van der Waals surface area (Å²) in [6, 6.07) is 6.66. The van der Waals surface area contributed by atoms with Crippen LogP contribution in [0.3, 0.4) is 0 Å². The van der Waals surface area contributed by atoms with E-state index in [0.29, 0.717) is 24.4 Å². The molecule has 0 spiro atoms. The number of fused-ring (bicyclic) bond motifs is 3. The van der Waals surface area contributed by atoms with Crippen LogP contribution in [0.15, 0.2) is 41.4 Å². The number of benzene rings is 1. The van der Waals surface area contributed by atoms with Gasteiger partial charge in [0.1, 0.15) is 11.6 Å². The molecule has 164 valence electrons. The standard InChI is InChI=1S/C21H17FN4O5S/c1-12-18-19(21(28)26(20(18)27)17-5-2-13(22)11-23-17)15-10-14(3-4-16(15)24-12)32(29,30)25-6-8-31-9-7-25/h2-5,10-11H,6-9H2,1H3. The number of halogens is 1. The lowest BCUT2D eigenvalue weighted by Crippen LogP contribution is -2.40. The summed E-state index contributed by atoms with van der Waals surface area (Å²) in [5.41, 5.74) is 0.855. The van der Waals surface area contributed by atoms with E-state index in [1.54, 1.807) is 6.92 Å². The molecule has 9 nitrogen and oxygen atoms in total. The van der Waals surface area contributed by atoms with Crippen molar-refractivity contribution in [2.45, 2.75) is 11.8 Å². The van der Waals surface area contributed by atoms with Crippen LogP contribution in [-0.4, -0.2) is 60.8 Å². The Balaban J connectivity index is 1.67. The Morgan fingerprint density at radius 1 is 1.03 bits per heavy atom. The normalized spacial score (nSPS) is 17.2. The molecule has 11 heteroatoms. The van der Waals surface area contributed by atoms with E-state index in [9.17, 15) is 22.4 Å². The number of pyridine rings is 2. The van der Waals surface area contributed by atoms with Gasteiger partial charge < -0.3 is 4.74 Å². The Hall–Kier alpha value is -3.28. The van der Waals surface area contributed by atoms with Crippen LogP contribution in [0.5, 0.6) is 0 Å². The Kier molecular flexibility index (Phi) is 4.77. The van der Waals surface area contributed by atoms with Crippen LogP contribution in [-0.2, 0) is 14.8 Å². The highest BCUT2D eigenvalue weighted by atomic mass is 32.2. The highest BCUT2D eigenvalue weighted by molar-refractivity contribution is 7.89. The Labute approximate surface area is 182 Å². The minimum atomic E-state index is -3.82. The molecule has 2 amide bonds. The predicted molar refractivity (Wildman–Crippen MR) is 111 cm³/mol. The smallest absolute Gasteiger partial charge is 0.269 e. The van der Waals surface area contributed by atoms with Gasteiger partial charge in [-0.05, 0) is 37.3 Å². The second-order valence-corrected chi connectivity index (χ2v) is 9.36. The fourth-order valence-electron chi connectivity index (χ4n) is 3.97. The monoisotopic (exact) mass is 456 g/mol. The lowest BCUT2D eigenvalue weighted by Gasteiger charge is -2.26. The summed E-state index contributed by atoms with van der Waals surface area (Å²) in [6.07, 6.45) is 0.912. The number of morpholine rings is 1. The Morgan fingerprint density at radius 3 is 2.44 bits per heavy atom. The van der Waals surface area contributed by atoms with E-state index in [0.717, 1.165) is 17.2 Å². The average Bonchev–Trinajstić information content (AvgIpc) is 3.06. The van der Waals surface area contributed by atoms with Gasteiger partial charge in [0.2, 0.25) is 10.0 Å². The quantitative estimate of drug-likeness (QED) is 0.554. The predicted octanol–water partition coefficient (Wildman–Crippen LogP) is 1.90. The molecule has 0 bridgehead atoms. The van der Waals surface area contributed by atoms with Crippen LogP contribution in [0.4, 0.5) is 10.2 Å². The number of nitrogens with zero attached hydrogens (tertiary/aromatic N) is 4. The summed E-state index contributed by atoms with van der Waals surface area (Å²) in [4.78, 5) is 35.5. The van der Waals surface area contributed by atoms with Crippen molar-refractivity contribution in [3.05, 3.63) is 59.2 Å². The molecule has 32 heavy (non-hydrogen) atoms. The van der Waals surface area contributed by atoms with E-state index in [-0.39, 0.29) is 40.3 Å². The van der Waals surface area contributed by atoms with E-state index in [2.05, 4.69) is 9.97 Å². The molecule has 0 atom stereocenters. The molecular weight excluding hydrogens is 439 g/mol. The highest BCUT2D eigenvalue weighted by Crippen LogP contribution is 2.35. The summed E-state index contributed by atoms with van der Waals surface area (Å²) in [7, 11) is -3.82. The number of aromatic nitrogens is 2. The molecule has 1 saturated heterocycles. The molecule has 0 aliphatic carbocycles. The highest BCUT2D eigenvalue weighted by Gasteiger charge is 2.41. The van der Waals surface area contributed by atoms with E-state index in [1.165, 1.54) is 28.6 Å². The van der Waals surface area contributed by atoms with Gasteiger partial charge in [-0.25, -0.2) is 22.7 Å². The number of aryl methyl sites for hydroxylation is 1. The number of carbonyl (C=O) groups excluding carboxylic acids is 2. The molecular formula is C21H17FN4O5S. The van der Waals surface area contributed by atoms with Gasteiger partial charge in [-0.3, -0.25) is 14.6 Å². The van der Waals surface area contributed by atoms with Gasteiger partial charge in [0.15, 0.2) is 0 Å². The zero-order chi connectivity index (χ0) is 22.6. The molecule has 5 rings (SSSR count). The molecule has 0 N–H and O–H groups in total. The molecule has 3 aromatic rings. The first-order chi connectivity index (χ1) is 15.3. The Bertz CT molecular complexity index is 1390. The van der Waals surface area contributed by atoms with Gasteiger partial charge in [-0.2, -0.15) is 4.31 Å². The minimum absolute atomic E-state index is 0.00152. The largest absolute Gasteiger partial charge is 0.379 e. The molecule has 1 fully saturated rings. The van der Waals surface area contributed by atoms with Gasteiger partial charge in [0.25, 0.3) is 11.8 Å². The topological polar surface area (TPSA) is 110 Å². The third-order valence-corrected chi connectivity index (χ3v) is 7.41. The first kappa shape index (κ1) is 20.6. The van der Waals surface area contributed by atoms with Gasteiger partial charge in [-0.15, -0.1) is 0 Å². The van der Waals surface area contributed by atoms with Crippen molar-refractivity contribution in [2.75, 3.05) is 31.2 Å². The first-order valence-electron chi connectivity index (χ1n) is 9.81. The molecule has 2 aromatic heterocycles. The fraction of sp³-hybridized carbons (Fsp3) is 0.238. The second kappa shape index (κ2) is 7.40. The number of anilines is 1. The second-order valence-electron chi connectivity index (χ2n) is 7.42. The zero-order valence-corrected chi connectivity index (χ0v) is 17.7. The summed E-state index contributed by atoms with van der Waals surface area (Å²) < 4.78 is 46.0. The van der Waals surface area contributed by atoms with Crippen LogP contribution < -0.4 is 4.90 Å². The lowest BCUT2D eigenvalue weighted by atomic mass is 10.0. The number of amides is 2. The third-order valence-electron chi connectivity index (χ3n) is 5.52. The summed E-state index contributed by atoms with van der Waals surface area (Å²) >= 11 is 0. The molecule has 2 aliphatic rings. The minimum Gasteiger partial charge on any atom is -0.379 e. The van der Waals surface area contributed by atoms with Crippen molar-refractivity contribution in [2.24, 2.45) is 0 Å². The van der Waals surface area contributed by atoms with Crippen LogP contribution in [0.2, 0.25) is 0 Å². The summed E-state index contributed by atoms with van der Waals surface area (Å²) in [5.74, 6) is -1.94. The van der Waals surface area contributed by atoms with Gasteiger partial charge in [0.05, 0.1) is 46.6 Å². The van der Waals surface area contributed by atoms with Crippen molar-refractivity contribution in [3.8, 4) is 0 Å². The van der Waals surface area contributed by atoms with Gasteiger partial charge in [0, 0.05) is 18.5 Å². The molecule has 4 heterocycles. The average molecular weight is 456 g/mol. The fourth-order valence-corrected chi connectivity index (χ4v) is 5.40.